The minimum atomic E-state index is -0.836. The Morgan fingerprint density at radius 1 is 1.35 bits per heavy atom. The van der Waals surface area contributed by atoms with Crippen LogP contribution in [0.2, 0.25) is 0 Å². The summed E-state index contributed by atoms with van der Waals surface area (Å²) in [4.78, 5) is 11.8. The molecule has 1 aliphatic rings. The monoisotopic (exact) mass is 320 g/mol. The van der Waals surface area contributed by atoms with Crippen LogP contribution < -0.4 is 10.2 Å². The van der Waals surface area contributed by atoms with Gasteiger partial charge >= 0.3 is 0 Å². The highest BCUT2D eigenvalue weighted by molar-refractivity contribution is 5.82. The number of carbonyl (C=O) groups is 1. The van der Waals surface area contributed by atoms with Crippen molar-refractivity contribution < 1.29 is 19.0 Å². The van der Waals surface area contributed by atoms with Crippen molar-refractivity contribution in [1.29, 1.82) is 0 Å². The molecule has 1 amide bonds. The van der Waals surface area contributed by atoms with Gasteiger partial charge in [-0.15, -0.1) is 0 Å². The van der Waals surface area contributed by atoms with Crippen LogP contribution in [0.4, 0.5) is 0 Å². The number of ether oxygens (including phenoxy) is 3. The predicted molar refractivity (Wildman–Crippen MR) is 87.5 cm³/mol. The summed E-state index contributed by atoms with van der Waals surface area (Å²) in [6, 6.07) is 7.56. The molecule has 0 aliphatic carbocycles. The Bertz CT molecular complexity index is 522. The Labute approximate surface area is 136 Å². The Hall–Kier alpha value is -1.92. The van der Waals surface area contributed by atoms with Crippen LogP contribution in [0.5, 0.6) is 5.75 Å². The van der Waals surface area contributed by atoms with Gasteiger partial charge in [0, 0.05) is 0 Å². The summed E-state index contributed by atoms with van der Waals surface area (Å²) in [6.45, 7) is 5.63. The number of unbranched alkanes of at least 4 members (excludes halogenated alkanes) is 1. The fourth-order valence-electron chi connectivity index (χ4n) is 2.15. The number of hydrogen-bond donors (Lipinski definition) is 1. The third-order valence-electron chi connectivity index (χ3n) is 3.43. The predicted octanol–water partition coefficient (Wildman–Crippen LogP) is 2.47. The van der Waals surface area contributed by atoms with Crippen LogP contribution in [-0.2, 0) is 14.3 Å². The molecular formula is C17H24N2O4. The highest BCUT2D eigenvalue weighted by atomic mass is 16.7. The molecule has 0 radical (unpaired) electrons. The highest BCUT2D eigenvalue weighted by Gasteiger charge is 2.33. The standard InChI is InChI=1S/C17H24N2O4/c1-3-4-9-21-15-7-5-14(6-8-15)13-18-19-16(20)12-17(2)22-10-11-23-17/h5-8,13H,3-4,9-12H2,1-2H3,(H,19,20)/b18-13+. The maximum absolute atomic E-state index is 11.8. The van der Waals surface area contributed by atoms with Crippen LogP contribution in [0.15, 0.2) is 29.4 Å². The molecule has 23 heavy (non-hydrogen) atoms. The van der Waals surface area contributed by atoms with Crippen LogP contribution in [0.25, 0.3) is 0 Å². The largest absolute Gasteiger partial charge is 0.494 e. The number of benzene rings is 1. The molecule has 1 heterocycles. The van der Waals surface area contributed by atoms with Crippen molar-refractivity contribution >= 4 is 12.1 Å². The van der Waals surface area contributed by atoms with Gasteiger partial charge < -0.3 is 14.2 Å². The zero-order valence-electron chi connectivity index (χ0n) is 13.7. The maximum Gasteiger partial charge on any atom is 0.245 e. The molecule has 1 aliphatic heterocycles. The van der Waals surface area contributed by atoms with E-state index in [-0.39, 0.29) is 12.3 Å². The third-order valence-corrected chi connectivity index (χ3v) is 3.43. The van der Waals surface area contributed by atoms with Gasteiger partial charge in [-0.1, -0.05) is 13.3 Å². The lowest BCUT2D eigenvalue weighted by atomic mass is 10.2. The molecule has 0 unspecified atom stereocenters. The fourth-order valence-corrected chi connectivity index (χ4v) is 2.15. The van der Waals surface area contributed by atoms with E-state index >= 15 is 0 Å². The molecule has 1 saturated heterocycles. The first kappa shape index (κ1) is 17.4. The van der Waals surface area contributed by atoms with Crippen molar-refractivity contribution in [3.63, 3.8) is 0 Å². The maximum atomic E-state index is 11.8. The first-order valence-electron chi connectivity index (χ1n) is 7.94. The van der Waals surface area contributed by atoms with Crippen LogP contribution >= 0.6 is 0 Å². The summed E-state index contributed by atoms with van der Waals surface area (Å²) in [7, 11) is 0. The van der Waals surface area contributed by atoms with E-state index in [4.69, 9.17) is 14.2 Å². The first-order valence-corrected chi connectivity index (χ1v) is 7.94. The Morgan fingerprint density at radius 2 is 2.04 bits per heavy atom. The number of amides is 1. The lowest BCUT2D eigenvalue weighted by Gasteiger charge is -2.20. The number of nitrogens with zero attached hydrogens (tertiary/aromatic N) is 1. The SMILES string of the molecule is CCCCOc1ccc(/C=N/NC(=O)CC2(C)OCCO2)cc1. The summed E-state index contributed by atoms with van der Waals surface area (Å²) in [5.41, 5.74) is 3.36. The third kappa shape index (κ3) is 6.00. The molecule has 6 nitrogen and oxygen atoms in total. The van der Waals surface area contributed by atoms with Gasteiger partial charge in [0.2, 0.25) is 5.91 Å². The molecular weight excluding hydrogens is 296 g/mol. The van der Waals surface area contributed by atoms with E-state index in [9.17, 15) is 4.79 Å². The Morgan fingerprint density at radius 3 is 2.70 bits per heavy atom. The molecule has 1 aromatic rings. The Kier molecular flexibility index (Phi) is 6.55. The Balaban J connectivity index is 1.75. The van der Waals surface area contributed by atoms with Gasteiger partial charge in [-0.05, 0) is 43.2 Å². The van der Waals surface area contributed by atoms with Gasteiger partial charge in [-0.3, -0.25) is 4.79 Å². The molecule has 126 valence electrons. The van der Waals surface area contributed by atoms with E-state index in [1.165, 1.54) is 0 Å². The zero-order chi connectivity index (χ0) is 16.5. The summed E-state index contributed by atoms with van der Waals surface area (Å²) in [5.74, 6) is -0.245. The van der Waals surface area contributed by atoms with Gasteiger partial charge in [-0.2, -0.15) is 5.10 Å². The van der Waals surface area contributed by atoms with Crippen LogP contribution in [0, 0.1) is 0 Å². The molecule has 1 aromatic carbocycles. The second-order valence-corrected chi connectivity index (χ2v) is 5.57. The van der Waals surface area contributed by atoms with Crippen molar-refractivity contribution in [3.8, 4) is 5.75 Å². The van der Waals surface area contributed by atoms with E-state index in [2.05, 4.69) is 17.5 Å². The van der Waals surface area contributed by atoms with Gasteiger partial charge in [0.1, 0.15) is 5.75 Å². The van der Waals surface area contributed by atoms with Crippen LogP contribution in [0.3, 0.4) is 0 Å². The van der Waals surface area contributed by atoms with Crippen molar-refractivity contribution in [1.82, 2.24) is 5.43 Å². The molecule has 1 N–H and O–H groups in total. The van der Waals surface area contributed by atoms with Gasteiger partial charge in [0.15, 0.2) is 5.79 Å². The smallest absolute Gasteiger partial charge is 0.245 e. The second-order valence-electron chi connectivity index (χ2n) is 5.57. The van der Waals surface area contributed by atoms with Gasteiger partial charge in [0.25, 0.3) is 0 Å². The molecule has 0 bridgehead atoms. The molecule has 0 spiro atoms. The number of hydrazone groups is 1. The number of carbonyl (C=O) groups excluding carboxylic acids is 1. The van der Waals surface area contributed by atoms with E-state index in [1.54, 1.807) is 13.1 Å². The van der Waals surface area contributed by atoms with Crippen molar-refractivity contribution in [2.75, 3.05) is 19.8 Å². The fraction of sp³-hybridized carbons (Fsp3) is 0.529. The van der Waals surface area contributed by atoms with E-state index in [0.29, 0.717) is 13.2 Å². The molecule has 6 heteroatoms. The normalized spacial score (nSPS) is 16.6. The van der Waals surface area contributed by atoms with Crippen molar-refractivity contribution in [2.24, 2.45) is 5.10 Å². The molecule has 0 aromatic heterocycles. The average molecular weight is 320 g/mol. The van der Waals surface area contributed by atoms with E-state index < -0.39 is 5.79 Å². The number of hydrogen-bond acceptors (Lipinski definition) is 5. The number of rotatable bonds is 8. The summed E-state index contributed by atoms with van der Waals surface area (Å²) < 4.78 is 16.3. The zero-order valence-corrected chi connectivity index (χ0v) is 13.7. The molecule has 0 saturated carbocycles. The summed E-state index contributed by atoms with van der Waals surface area (Å²) >= 11 is 0. The minimum absolute atomic E-state index is 0.120. The summed E-state index contributed by atoms with van der Waals surface area (Å²) in [6.07, 6.45) is 3.86. The molecule has 2 rings (SSSR count). The van der Waals surface area contributed by atoms with Crippen molar-refractivity contribution in [3.05, 3.63) is 29.8 Å². The average Bonchev–Trinajstić information content (AvgIpc) is 2.95. The van der Waals surface area contributed by atoms with Crippen LogP contribution in [0.1, 0.15) is 38.7 Å². The number of nitrogens with one attached hydrogen (secondary N) is 1. The van der Waals surface area contributed by atoms with Gasteiger partial charge in [-0.25, -0.2) is 5.43 Å². The second kappa shape index (κ2) is 8.64. The van der Waals surface area contributed by atoms with E-state index in [1.807, 2.05) is 24.3 Å². The molecule has 0 atom stereocenters. The highest BCUT2D eigenvalue weighted by Crippen LogP contribution is 2.22. The first-order chi connectivity index (χ1) is 11.1. The van der Waals surface area contributed by atoms with Crippen LogP contribution in [-0.4, -0.2) is 37.7 Å². The van der Waals surface area contributed by atoms with Crippen molar-refractivity contribution in [2.45, 2.75) is 38.9 Å². The lowest BCUT2D eigenvalue weighted by molar-refractivity contribution is -0.159. The van der Waals surface area contributed by atoms with E-state index in [0.717, 1.165) is 30.8 Å². The molecule has 1 fully saturated rings. The quantitative estimate of drug-likeness (QED) is 0.454. The lowest BCUT2D eigenvalue weighted by Crippen LogP contribution is -2.33. The van der Waals surface area contributed by atoms with Gasteiger partial charge in [0.05, 0.1) is 32.5 Å². The minimum Gasteiger partial charge on any atom is -0.494 e. The topological polar surface area (TPSA) is 69.2 Å². The summed E-state index contributed by atoms with van der Waals surface area (Å²) in [5, 5.41) is 3.94.